The van der Waals surface area contributed by atoms with Gasteiger partial charge >= 0.3 is 14.8 Å². The second-order valence-electron chi connectivity index (χ2n) is 6.32. The zero-order valence-electron chi connectivity index (χ0n) is 17.1. The number of carbonyl (C=O) groups excluding carboxylic acids is 1. The van der Waals surface area contributed by atoms with Crippen LogP contribution >= 0.6 is 0 Å². The molecule has 0 spiro atoms. The molecule has 0 atom stereocenters. The average molecular weight is 391 g/mol. The van der Waals surface area contributed by atoms with Gasteiger partial charge in [-0.1, -0.05) is 0 Å². The Morgan fingerprint density at radius 2 is 1.31 bits per heavy atom. The highest BCUT2D eigenvalue weighted by molar-refractivity contribution is 6.60. The molecule has 1 saturated heterocycles. The molecule has 1 aliphatic rings. The third-order valence-electron chi connectivity index (χ3n) is 4.45. The van der Waals surface area contributed by atoms with E-state index in [0.717, 1.165) is 51.7 Å². The van der Waals surface area contributed by atoms with Gasteiger partial charge in [0.1, 0.15) is 0 Å². The van der Waals surface area contributed by atoms with E-state index in [0.29, 0.717) is 32.8 Å². The molecule has 0 amide bonds. The summed E-state index contributed by atoms with van der Waals surface area (Å²) in [4.78, 5) is 16.3. The smallest absolute Gasteiger partial charge is 0.466 e. The van der Waals surface area contributed by atoms with Gasteiger partial charge in [-0.2, -0.15) is 0 Å². The van der Waals surface area contributed by atoms with Crippen molar-refractivity contribution in [3.63, 3.8) is 0 Å². The van der Waals surface area contributed by atoms with E-state index in [9.17, 15) is 4.79 Å². The molecule has 1 heterocycles. The minimum atomic E-state index is -2.52. The Morgan fingerprint density at radius 3 is 1.77 bits per heavy atom. The van der Waals surface area contributed by atoms with Crippen molar-refractivity contribution in [2.45, 2.75) is 46.6 Å². The first-order valence-electron chi connectivity index (χ1n) is 10.1. The van der Waals surface area contributed by atoms with E-state index >= 15 is 0 Å². The first-order chi connectivity index (χ1) is 12.6. The number of piperazine rings is 1. The van der Waals surface area contributed by atoms with Gasteiger partial charge in [-0.15, -0.1) is 0 Å². The van der Waals surface area contributed by atoms with Crippen LogP contribution < -0.4 is 0 Å². The Morgan fingerprint density at radius 1 is 0.808 bits per heavy atom. The van der Waals surface area contributed by atoms with Crippen LogP contribution in [0, 0.1) is 0 Å². The maximum Gasteiger partial charge on any atom is 0.500 e. The Bertz CT molecular complexity index is 362. The third kappa shape index (κ3) is 8.92. The second-order valence-corrected chi connectivity index (χ2v) is 9.06. The summed E-state index contributed by atoms with van der Waals surface area (Å²) in [5.74, 6) is -0.0981. The number of ether oxygens (including phenoxy) is 1. The predicted octanol–water partition coefficient (Wildman–Crippen LogP) is 2.00. The van der Waals surface area contributed by atoms with Gasteiger partial charge in [0.15, 0.2) is 0 Å². The Labute approximate surface area is 160 Å². The molecule has 0 unspecified atom stereocenters. The van der Waals surface area contributed by atoms with Crippen molar-refractivity contribution in [1.82, 2.24) is 9.80 Å². The zero-order chi connectivity index (χ0) is 19.3. The van der Waals surface area contributed by atoms with Crippen LogP contribution in [0.25, 0.3) is 0 Å². The number of carbonyl (C=O) groups is 1. The quantitative estimate of drug-likeness (QED) is 0.332. The number of esters is 1. The summed E-state index contributed by atoms with van der Waals surface area (Å²) in [5.41, 5.74) is 0. The molecule has 0 bridgehead atoms. The standard InChI is InChI=1S/C18H38N2O5Si/c1-5-22-18(21)10-12-20-15-13-19(14-16-20)11-9-17-26(23-6-2,24-7-3)25-8-4/h5-17H2,1-4H3. The molecule has 8 heteroatoms. The largest absolute Gasteiger partial charge is 0.500 e. The Kier molecular flexibility index (Phi) is 12.3. The lowest BCUT2D eigenvalue weighted by Gasteiger charge is -2.35. The minimum Gasteiger partial charge on any atom is -0.466 e. The summed E-state index contributed by atoms with van der Waals surface area (Å²) in [7, 11) is -2.52. The fraction of sp³-hybridized carbons (Fsp3) is 0.944. The zero-order valence-corrected chi connectivity index (χ0v) is 18.1. The van der Waals surface area contributed by atoms with E-state index in [4.69, 9.17) is 18.0 Å². The summed E-state index contributed by atoms with van der Waals surface area (Å²) in [6.07, 6.45) is 1.51. The molecule has 7 nitrogen and oxygen atoms in total. The van der Waals surface area contributed by atoms with E-state index in [2.05, 4.69) is 9.80 Å². The van der Waals surface area contributed by atoms with Gasteiger partial charge < -0.3 is 27.8 Å². The summed E-state index contributed by atoms with van der Waals surface area (Å²) >= 11 is 0. The molecule has 0 aliphatic carbocycles. The van der Waals surface area contributed by atoms with Crippen LogP contribution in [0.4, 0.5) is 0 Å². The van der Waals surface area contributed by atoms with Crippen molar-refractivity contribution in [3.05, 3.63) is 0 Å². The van der Waals surface area contributed by atoms with Crippen molar-refractivity contribution < 1.29 is 22.8 Å². The highest BCUT2D eigenvalue weighted by Gasteiger charge is 2.39. The molecule has 0 aromatic carbocycles. The van der Waals surface area contributed by atoms with Crippen LogP contribution in [-0.4, -0.2) is 90.3 Å². The number of nitrogens with zero attached hydrogens (tertiary/aromatic N) is 2. The molecule has 0 aromatic heterocycles. The number of rotatable bonds is 14. The molecule has 1 fully saturated rings. The summed E-state index contributed by atoms with van der Waals surface area (Å²) in [5, 5.41) is 0. The molecule has 0 N–H and O–H groups in total. The third-order valence-corrected chi connectivity index (χ3v) is 7.60. The van der Waals surface area contributed by atoms with Gasteiger partial charge in [-0.3, -0.25) is 4.79 Å². The summed E-state index contributed by atoms with van der Waals surface area (Å²) < 4.78 is 22.7. The van der Waals surface area contributed by atoms with Gasteiger partial charge in [0, 0.05) is 58.6 Å². The van der Waals surface area contributed by atoms with E-state index < -0.39 is 8.80 Å². The van der Waals surface area contributed by atoms with E-state index in [1.165, 1.54) is 0 Å². The fourth-order valence-electron chi connectivity index (χ4n) is 3.24. The van der Waals surface area contributed by atoms with Crippen molar-refractivity contribution in [1.29, 1.82) is 0 Å². The van der Waals surface area contributed by atoms with Crippen LogP contribution in [0.5, 0.6) is 0 Å². The summed E-state index contributed by atoms with van der Waals surface area (Å²) in [6, 6.07) is 0.867. The van der Waals surface area contributed by atoms with Crippen LogP contribution in [-0.2, 0) is 22.8 Å². The van der Waals surface area contributed by atoms with Crippen molar-refractivity contribution in [2.24, 2.45) is 0 Å². The highest BCUT2D eigenvalue weighted by Crippen LogP contribution is 2.19. The molecule has 0 radical (unpaired) electrons. The normalized spacial score (nSPS) is 16.8. The van der Waals surface area contributed by atoms with Crippen molar-refractivity contribution in [3.8, 4) is 0 Å². The molecule has 26 heavy (non-hydrogen) atoms. The molecule has 1 rings (SSSR count). The number of hydrogen-bond acceptors (Lipinski definition) is 7. The lowest BCUT2D eigenvalue weighted by atomic mass is 10.2. The van der Waals surface area contributed by atoms with Gasteiger partial charge in [0.2, 0.25) is 0 Å². The van der Waals surface area contributed by atoms with E-state index in [1.54, 1.807) is 0 Å². The van der Waals surface area contributed by atoms with Crippen LogP contribution in [0.15, 0.2) is 0 Å². The van der Waals surface area contributed by atoms with Gasteiger partial charge in [0.05, 0.1) is 13.0 Å². The van der Waals surface area contributed by atoms with Crippen LogP contribution in [0.1, 0.15) is 40.5 Å². The first-order valence-corrected chi connectivity index (χ1v) is 12.0. The maximum absolute atomic E-state index is 11.5. The fourth-order valence-corrected chi connectivity index (χ4v) is 5.83. The van der Waals surface area contributed by atoms with Gasteiger partial charge in [-0.05, 0) is 40.7 Å². The lowest BCUT2D eigenvalue weighted by Crippen LogP contribution is -2.49. The van der Waals surface area contributed by atoms with Crippen molar-refractivity contribution >= 4 is 14.8 Å². The minimum absolute atomic E-state index is 0.0981. The van der Waals surface area contributed by atoms with Crippen LogP contribution in [0.2, 0.25) is 6.04 Å². The van der Waals surface area contributed by atoms with Gasteiger partial charge in [0.25, 0.3) is 0 Å². The molecule has 1 aliphatic heterocycles. The van der Waals surface area contributed by atoms with Gasteiger partial charge in [-0.25, -0.2) is 0 Å². The van der Waals surface area contributed by atoms with Crippen molar-refractivity contribution in [2.75, 3.05) is 65.7 Å². The Hall–Kier alpha value is -0.513. The molecule has 154 valence electrons. The maximum atomic E-state index is 11.5. The SMILES string of the molecule is CCOC(=O)CCN1CCN(CCC[Si](OCC)(OCC)OCC)CC1. The topological polar surface area (TPSA) is 60.5 Å². The molecule has 0 saturated carbocycles. The molecule has 0 aromatic rings. The van der Waals surface area contributed by atoms with E-state index in [-0.39, 0.29) is 5.97 Å². The van der Waals surface area contributed by atoms with Crippen LogP contribution in [0.3, 0.4) is 0 Å². The number of hydrogen-bond donors (Lipinski definition) is 0. The monoisotopic (exact) mass is 390 g/mol. The lowest BCUT2D eigenvalue weighted by molar-refractivity contribution is -0.143. The first kappa shape index (κ1) is 23.5. The average Bonchev–Trinajstić information content (AvgIpc) is 2.62. The molecular formula is C18H38N2O5Si. The summed E-state index contributed by atoms with van der Waals surface area (Å²) in [6.45, 7) is 16.1. The Balaban J connectivity index is 2.28. The predicted molar refractivity (Wildman–Crippen MR) is 104 cm³/mol. The second kappa shape index (κ2) is 13.6. The highest BCUT2D eigenvalue weighted by atomic mass is 28.4. The van der Waals surface area contributed by atoms with E-state index in [1.807, 2.05) is 27.7 Å². The molecular weight excluding hydrogens is 352 g/mol.